The maximum Gasteiger partial charge on any atom is 0.320 e. The molecule has 6 nitrogen and oxygen atoms in total. The van der Waals surface area contributed by atoms with Crippen LogP contribution in [0.25, 0.3) is 0 Å². The van der Waals surface area contributed by atoms with Gasteiger partial charge < -0.3 is 14.4 Å². The molecule has 0 aromatic carbocycles. The van der Waals surface area contributed by atoms with Crippen molar-refractivity contribution in [1.29, 1.82) is 0 Å². The van der Waals surface area contributed by atoms with Crippen LogP contribution in [-0.2, 0) is 19.1 Å². The van der Waals surface area contributed by atoms with Crippen molar-refractivity contribution in [2.45, 2.75) is 90.9 Å². The van der Waals surface area contributed by atoms with Gasteiger partial charge in [-0.1, -0.05) is 70.3 Å². The molecule has 0 spiro atoms. The summed E-state index contributed by atoms with van der Waals surface area (Å²) >= 11 is 0. The van der Waals surface area contributed by atoms with E-state index < -0.39 is 0 Å². The van der Waals surface area contributed by atoms with Gasteiger partial charge in [-0.25, -0.2) is 0 Å². The number of esters is 2. The minimum absolute atomic E-state index is 0.0139. The molecule has 0 aromatic rings. The van der Waals surface area contributed by atoms with Gasteiger partial charge in [0.05, 0.1) is 19.8 Å². The zero-order valence-corrected chi connectivity index (χ0v) is 22.8. The highest BCUT2D eigenvalue weighted by Gasteiger charge is 2.18. The Kier molecular flexibility index (Phi) is 19.4. The quantitative estimate of drug-likeness (QED) is 0.122. The van der Waals surface area contributed by atoms with Crippen molar-refractivity contribution in [1.82, 2.24) is 9.80 Å². The zero-order valence-electron chi connectivity index (χ0n) is 22.8. The minimum atomic E-state index is -0.196. The van der Waals surface area contributed by atoms with E-state index in [4.69, 9.17) is 9.47 Å². The molecule has 1 atom stereocenters. The van der Waals surface area contributed by atoms with Gasteiger partial charge >= 0.3 is 11.9 Å². The Hall–Kier alpha value is -1.66. The summed E-state index contributed by atoms with van der Waals surface area (Å²) in [5.41, 5.74) is 0. The number of hydrogen-bond donors (Lipinski definition) is 0. The number of rotatable bonds is 20. The molecule has 0 aliphatic carbocycles. The van der Waals surface area contributed by atoms with Crippen molar-refractivity contribution in [3.63, 3.8) is 0 Å². The first-order valence-corrected chi connectivity index (χ1v) is 14.0. The number of piperazine rings is 1. The number of ether oxygens (including phenoxy) is 2. The summed E-state index contributed by atoms with van der Waals surface area (Å²) in [5.74, 6) is -0.329. The molecule has 6 heteroatoms. The lowest BCUT2D eigenvalue weighted by atomic mass is 10.1. The van der Waals surface area contributed by atoms with Crippen LogP contribution in [-0.4, -0.2) is 74.7 Å². The molecule has 1 fully saturated rings. The Morgan fingerprint density at radius 2 is 1.34 bits per heavy atom. The van der Waals surface area contributed by atoms with Crippen LogP contribution in [0.2, 0.25) is 0 Å². The largest absolute Gasteiger partial charge is 0.465 e. The van der Waals surface area contributed by atoms with Crippen LogP contribution in [0.5, 0.6) is 0 Å². The monoisotopic (exact) mass is 492 g/mol. The van der Waals surface area contributed by atoms with Gasteiger partial charge in [0, 0.05) is 38.5 Å². The first-order valence-electron chi connectivity index (χ1n) is 14.0. The summed E-state index contributed by atoms with van der Waals surface area (Å²) in [6, 6.07) is 0. The summed E-state index contributed by atoms with van der Waals surface area (Å²) in [6.45, 7) is 8.87. The normalized spacial score (nSPS) is 16.2. The number of carbonyl (C=O) groups is 2. The SMILES string of the molecule is CCCCC/C=C\C/C=C\CCCCCCCC(=O)OCC(C)COC(=O)CN1CCN(C)CC1. The van der Waals surface area contributed by atoms with E-state index in [1.165, 1.54) is 38.5 Å². The van der Waals surface area contributed by atoms with E-state index >= 15 is 0 Å². The van der Waals surface area contributed by atoms with Crippen molar-refractivity contribution in [3.8, 4) is 0 Å². The second kappa shape index (κ2) is 21.6. The lowest BCUT2D eigenvalue weighted by Crippen LogP contribution is -2.46. The Morgan fingerprint density at radius 1 is 0.771 bits per heavy atom. The summed E-state index contributed by atoms with van der Waals surface area (Å²) in [7, 11) is 2.09. The predicted octanol–water partition coefficient (Wildman–Crippen LogP) is 5.77. The smallest absolute Gasteiger partial charge is 0.320 e. The maximum absolute atomic E-state index is 12.0. The Balaban J connectivity index is 1.90. The van der Waals surface area contributed by atoms with Crippen LogP contribution in [0.1, 0.15) is 90.9 Å². The second-order valence-corrected chi connectivity index (χ2v) is 10.0. The average molecular weight is 493 g/mol. The lowest BCUT2D eigenvalue weighted by molar-refractivity contribution is -0.149. The van der Waals surface area contributed by atoms with Gasteiger partial charge in [-0.05, 0) is 45.6 Å². The molecule has 1 rings (SSSR count). The molecule has 0 saturated carbocycles. The highest BCUT2D eigenvalue weighted by molar-refractivity contribution is 5.71. The van der Waals surface area contributed by atoms with Crippen LogP contribution in [0, 0.1) is 5.92 Å². The number of hydrogen-bond acceptors (Lipinski definition) is 6. The number of unbranched alkanes of at least 4 members (excludes halogenated alkanes) is 8. The fourth-order valence-corrected chi connectivity index (χ4v) is 3.91. The van der Waals surface area contributed by atoms with E-state index in [-0.39, 0.29) is 17.9 Å². The van der Waals surface area contributed by atoms with Gasteiger partial charge in [-0.15, -0.1) is 0 Å². The van der Waals surface area contributed by atoms with Crippen molar-refractivity contribution in [2.24, 2.45) is 5.92 Å². The second-order valence-electron chi connectivity index (χ2n) is 10.0. The van der Waals surface area contributed by atoms with Gasteiger partial charge in [-0.3, -0.25) is 14.5 Å². The number of allylic oxidation sites excluding steroid dienone is 4. The maximum atomic E-state index is 12.0. The van der Waals surface area contributed by atoms with Crippen molar-refractivity contribution < 1.29 is 19.1 Å². The number of carbonyl (C=O) groups excluding carboxylic acids is 2. The summed E-state index contributed by atoms with van der Waals surface area (Å²) in [6.07, 6.45) is 22.5. The van der Waals surface area contributed by atoms with Gasteiger partial charge in [0.1, 0.15) is 0 Å². The zero-order chi connectivity index (χ0) is 25.6. The van der Waals surface area contributed by atoms with Gasteiger partial charge in [-0.2, -0.15) is 0 Å². The molecule has 202 valence electrons. The fraction of sp³-hybridized carbons (Fsp3) is 0.793. The molecular weight excluding hydrogens is 440 g/mol. The molecule has 1 unspecified atom stereocenters. The van der Waals surface area contributed by atoms with Crippen LogP contribution in [0.15, 0.2) is 24.3 Å². The minimum Gasteiger partial charge on any atom is -0.465 e. The first-order chi connectivity index (χ1) is 17.0. The molecule has 1 saturated heterocycles. The van der Waals surface area contributed by atoms with E-state index in [0.717, 1.165) is 58.3 Å². The molecule has 0 radical (unpaired) electrons. The van der Waals surface area contributed by atoms with E-state index in [9.17, 15) is 9.59 Å². The van der Waals surface area contributed by atoms with Crippen LogP contribution in [0.3, 0.4) is 0 Å². The summed E-state index contributed by atoms with van der Waals surface area (Å²) < 4.78 is 10.7. The van der Waals surface area contributed by atoms with Crippen LogP contribution >= 0.6 is 0 Å². The first kappa shape index (κ1) is 31.4. The Bertz CT molecular complexity index is 597. The summed E-state index contributed by atoms with van der Waals surface area (Å²) in [5, 5.41) is 0. The number of nitrogens with zero attached hydrogens (tertiary/aromatic N) is 2. The molecule has 35 heavy (non-hydrogen) atoms. The van der Waals surface area contributed by atoms with Crippen molar-refractivity contribution >= 4 is 11.9 Å². The third-order valence-corrected chi connectivity index (χ3v) is 6.34. The molecule has 0 N–H and O–H groups in total. The molecule has 0 amide bonds. The molecule has 1 heterocycles. The van der Waals surface area contributed by atoms with E-state index in [1.54, 1.807) is 0 Å². The topological polar surface area (TPSA) is 59.1 Å². The van der Waals surface area contributed by atoms with E-state index in [1.807, 2.05) is 6.92 Å². The van der Waals surface area contributed by atoms with Gasteiger partial charge in [0.2, 0.25) is 0 Å². The van der Waals surface area contributed by atoms with Gasteiger partial charge in [0.15, 0.2) is 0 Å². The summed E-state index contributed by atoms with van der Waals surface area (Å²) in [4.78, 5) is 28.3. The standard InChI is InChI=1S/C29H52N2O4/c1-4-5-6-7-8-9-10-11-12-13-14-15-16-17-18-19-28(32)34-25-27(2)26-35-29(33)24-31-22-20-30(3)21-23-31/h8-9,11-12,27H,4-7,10,13-26H2,1-3H3/b9-8-,12-11-. The number of likely N-dealkylation sites (N-methyl/N-ethyl adjacent to an activating group) is 1. The molecule has 0 aromatic heterocycles. The van der Waals surface area contributed by atoms with Crippen molar-refractivity contribution in [2.75, 3.05) is 53.0 Å². The molecular formula is C29H52N2O4. The lowest BCUT2D eigenvalue weighted by Gasteiger charge is -2.31. The highest BCUT2D eigenvalue weighted by Crippen LogP contribution is 2.09. The molecule has 0 bridgehead atoms. The molecule has 1 aliphatic rings. The highest BCUT2D eigenvalue weighted by atomic mass is 16.5. The fourth-order valence-electron chi connectivity index (χ4n) is 3.91. The Labute approximate surface area is 215 Å². The predicted molar refractivity (Wildman–Crippen MR) is 144 cm³/mol. The van der Waals surface area contributed by atoms with Gasteiger partial charge in [0.25, 0.3) is 0 Å². The van der Waals surface area contributed by atoms with Crippen LogP contribution in [0.4, 0.5) is 0 Å². The van der Waals surface area contributed by atoms with Crippen LogP contribution < -0.4 is 0 Å². The Morgan fingerprint density at radius 3 is 2.00 bits per heavy atom. The third kappa shape index (κ3) is 19.2. The van der Waals surface area contributed by atoms with E-state index in [2.05, 4.69) is 48.1 Å². The third-order valence-electron chi connectivity index (χ3n) is 6.34. The molecule has 1 aliphatic heterocycles. The van der Waals surface area contributed by atoms with E-state index in [0.29, 0.717) is 26.2 Å². The average Bonchev–Trinajstić information content (AvgIpc) is 2.85. The van der Waals surface area contributed by atoms with Crippen molar-refractivity contribution in [3.05, 3.63) is 24.3 Å².